The zero-order chi connectivity index (χ0) is 17.5. The van der Waals surface area contributed by atoms with E-state index in [2.05, 4.69) is 20.9 Å². The fraction of sp³-hybridized carbons (Fsp3) is 0.316. The van der Waals surface area contributed by atoms with E-state index in [0.717, 1.165) is 25.1 Å². The lowest BCUT2D eigenvalue weighted by Crippen LogP contribution is -2.37. The van der Waals surface area contributed by atoms with Crippen molar-refractivity contribution in [2.75, 3.05) is 18.4 Å². The Morgan fingerprint density at radius 2 is 2.12 bits per heavy atom. The number of rotatable bonds is 5. The summed E-state index contributed by atoms with van der Waals surface area (Å²) in [5, 5.41) is 8.98. The molecule has 0 aliphatic carbocycles. The summed E-state index contributed by atoms with van der Waals surface area (Å²) in [6, 6.07) is 12.6. The highest BCUT2D eigenvalue weighted by Gasteiger charge is 2.21. The molecule has 2 heterocycles. The average molecular weight is 338 g/mol. The number of aromatic nitrogens is 1. The third-order valence-electron chi connectivity index (χ3n) is 4.22. The van der Waals surface area contributed by atoms with Crippen molar-refractivity contribution in [3.05, 3.63) is 59.9 Å². The predicted octanol–water partition coefficient (Wildman–Crippen LogP) is 1.95. The van der Waals surface area contributed by atoms with Crippen LogP contribution in [0.2, 0.25) is 0 Å². The zero-order valence-corrected chi connectivity index (χ0v) is 14.0. The number of benzene rings is 1. The standard InChI is InChI=1S/C19H22N4O2/c24-18(22-13-17-7-1-2-10-21-17)14-5-3-8-16(11-14)23-19(25)15-6-4-9-20-12-15/h1-3,5,7-8,10-11,15,20H,4,6,9,12-13H2,(H,22,24)(H,23,25). The van der Waals surface area contributed by atoms with Crippen molar-refractivity contribution >= 4 is 17.5 Å². The largest absolute Gasteiger partial charge is 0.346 e. The minimum absolute atomic E-state index is 0.00163. The van der Waals surface area contributed by atoms with Crippen LogP contribution in [-0.2, 0) is 11.3 Å². The number of nitrogens with one attached hydrogen (secondary N) is 3. The summed E-state index contributed by atoms with van der Waals surface area (Å²) in [6.07, 6.45) is 3.59. The van der Waals surface area contributed by atoms with E-state index in [-0.39, 0.29) is 17.7 Å². The number of hydrogen-bond acceptors (Lipinski definition) is 4. The molecule has 3 N–H and O–H groups in total. The summed E-state index contributed by atoms with van der Waals surface area (Å²) in [5.74, 6) is -0.213. The van der Waals surface area contributed by atoms with Gasteiger partial charge in [-0.25, -0.2) is 0 Å². The van der Waals surface area contributed by atoms with Crippen molar-refractivity contribution in [1.29, 1.82) is 0 Å². The number of carbonyl (C=O) groups excluding carboxylic acids is 2. The molecule has 0 saturated carbocycles. The van der Waals surface area contributed by atoms with E-state index in [0.29, 0.717) is 24.3 Å². The molecule has 1 unspecified atom stereocenters. The highest BCUT2D eigenvalue weighted by Crippen LogP contribution is 2.15. The van der Waals surface area contributed by atoms with Crippen LogP contribution in [0.15, 0.2) is 48.7 Å². The van der Waals surface area contributed by atoms with Gasteiger partial charge in [0, 0.05) is 24.0 Å². The average Bonchev–Trinajstić information content (AvgIpc) is 2.68. The van der Waals surface area contributed by atoms with Crippen molar-refractivity contribution < 1.29 is 9.59 Å². The lowest BCUT2D eigenvalue weighted by molar-refractivity contribution is -0.120. The summed E-state index contributed by atoms with van der Waals surface area (Å²) in [6.45, 7) is 2.04. The summed E-state index contributed by atoms with van der Waals surface area (Å²) in [7, 11) is 0. The fourth-order valence-corrected chi connectivity index (χ4v) is 2.83. The van der Waals surface area contributed by atoms with E-state index in [1.807, 2.05) is 18.2 Å². The molecule has 6 nitrogen and oxygen atoms in total. The molecule has 1 aromatic carbocycles. The molecule has 1 fully saturated rings. The Morgan fingerprint density at radius 1 is 1.20 bits per heavy atom. The Bertz CT molecular complexity index is 727. The van der Waals surface area contributed by atoms with Crippen LogP contribution in [-0.4, -0.2) is 29.9 Å². The van der Waals surface area contributed by atoms with Crippen molar-refractivity contribution in [3.63, 3.8) is 0 Å². The van der Waals surface area contributed by atoms with Gasteiger partial charge in [0.2, 0.25) is 5.91 Å². The molecule has 130 valence electrons. The molecule has 1 aliphatic rings. The first-order valence-corrected chi connectivity index (χ1v) is 8.52. The van der Waals surface area contributed by atoms with Crippen LogP contribution in [0, 0.1) is 5.92 Å². The molecule has 0 bridgehead atoms. The van der Waals surface area contributed by atoms with Gasteiger partial charge in [-0.2, -0.15) is 0 Å². The second-order valence-electron chi connectivity index (χ2n) is 6.12. The van der Waals surface area contributed by atoms with E-state index < -0.39 is 0 Å². The number of amides is 2. The topological polar surface area (TPSA) is 83.1 Å². The molecule has 1 aliphatic heterocycles. The minimum Gasteiger partial charge on any atom is -0.346 e. The zero-order valence-electron chi connectivity index (χ0n) is 14.0. The summed E-state index contributed by atoms with van der Waals surface area (Å²) in [5.41, 5.74) is 1.95. The molecule has 2 amide bonds. The van der Waals surface area contributed by atoms with Crippen LogP contribution >= 0.6 is 0 Å². The lowest BCUT2D eigenvalue weighted by atomic mass is 9.98. The normalized spacial score (nSPS) is 16.9. The van der Waals surface area contributed by atoms with Crippen LogP contribution < -0.4 is 16.0 Å². The Balaban J connectivity index is 1.58. The minimum atomic E-state index is -0.193. The number of nitrogens with zero attached hydrogens (tertiary/aromatic N) is 1. The number of pyridine rings is 1. The molecule has 0 spiro atoms. The van der Waals surface area contributed by atoms with Gasteiger partial charge < -0.3 is 16.0 Å². The Morgan fingerprint density at radius 3 is 2.88 bits per heavy atom. The molecule has 0 radical (unpaired) electrons. The van der Waals surface area contributed by atoms with Gasteiger partial charge in [-0.05, 0) is 49.7 Å². The highest BCUT2D eigenvalue weighted by molar-refractivity contribution is 5.97. The van der Waals surface area contributed by atoms with Gasteiger partial charge >= 0.3 is 0 Å². The second kappa shape index (κ2) is 8.39. The molecule has 6 heteroatoms. The molecular formula is C19H22N4O2. The molecule has 2 aromatic rings. The van der Waals surface area contributed by atoms with Gasteiger partial charge in [0.05, 0.1) is 18.2 Å². The molecule has 1 saturated heterocycles. The van der Waals surface area contributed by atoms with Gasteiger partial charge in [0.15, 0.2) is 0 Å². The van der Waals surface area contributed by atoms with Crippen LogP contribution in [0.4, 0.5) is 5.69 Å². The molecule has 1 atom stereocenters. The Labute approximate surface area is 147 Å². The van der Waals surface area contributed by atoms with Crippen molar-refractivity contribution in [2.45, 2.75) is 19.4 Å². The predicted molar refractivity (Wildman–Crippen MR) is 96.1 cm³/mol. The van der Waals surface area contributed by atoms with Gasteiger partial charge in [-0.3, -0.25) is 14.6 Å². The van der Waals surface area contributed by atoms with Gasteiger partial charge in [0.25, 0.3) is 5.91 Å². The first kappa shape index (κ1) is 17.1. The third kappa shape index (κ3) is 4.87. The van der Waals surface area contributed by atoms with E-state index in [1.165, 1.54) is 0 Å². The van der Waals surface area contributed by atoms with Crippen LogP contribution in [0.5, 0.6) is 0 Å². The first-order valence-electron chi connectivity index (χ1n) is 8.52. The fourth-order valence-electron chi connectivity index (χ4n) is 2.83. The number of piperidine rings is 1. The lowest BCUT2D eigenvalue weighted by Gasteiger charge is -2.22. The highest BCUT2D eigenvalue weighted by atomic mass is 16.2. The van der Waals surface area contributed by atoms with Gasteiger partial charge in [-0.1, -0.05) is 12.1 Å². The maximum absolute atomic E-state index is 12.3. The van der Waals surface area contributed by atoms with Crippen LogP contribution in [0.1, 0.15) is 28.9 Å². The van der Waals surface area contributed by atoms with Crippen LogP contribution in [0.25, 0.3) is 0 Å². The third-order valence-corrected chi connectivity index (χ3v) is 4.22. The Kier molecular flexibility index (Phi) is 5.74. The van der Waals surface area contributed by atoms with E-state index in [9.17, 15) is 9.59 Å². The number of carbonyl (C=O) groups is 2. The summed E-state index contributed by atoms with van der Waals surface area (Å²) < 4.78 is 0. The van der Waals surface area contributed by atoms with E-state index in [4.69, 9.17) is 0 Å². The van der Waals surface area contributed by atoms with Crippen molar-refractivity contribution in [1.82, 2.24) is 15.6 Å². The smallest absolute Gasteiger partial charge is 0.251 e. The summed E-state index contributed by atoms with van der Waals surface area (Å²) in [4.78, 5) is 28.8. The second-order valence-corrected chi connectivity index (χ2v) is 6.12. The van der Waals surface area contributed by atoms with Crippen molar-refractivity contribution in [3.8, 4) is 0 Å². The number of hydrogen-bond donors (Lipinski definition) is 3. The number of anilines is 1. The Hall–Kier alpha value is -2.73. The monoisotopic (exact) mass is 338 g/mol. The summed E-state index contributed by atoms with van der Waals surface area (Å²) >= 11 is 0. The van der Waals surface area contributed by atoms with Crippen molar-refractivity contribution in [2.24, 2.45) is 5.92 Å². The molecule has 3 rings (SSSR count). The van der Waals surface area contributed by atoms with E-state index >= 15 is 0 Å². The molecule has 25 heavy (non-hydrogen) atoms. The maximum atomic E-state index is 12.3. The first-order chi connectivity index (χ1) is 12.2. The van der Waals surface area contributed by atoms with Gasteiger partial charge in [0.1, 0.15) is 0 Å². The molecular weight excluding hydrogens is 316 g/mol. The van der Waals surface area contributed by atoms with Crippen LogP contribution in [0.3, 0.4) is 0 Å². The quantitative estimate of drug-likeness (QED) is 0.778. The SMILES string of the molecule is O=C(NCc1ccccn1)c1cccc(NC(=O)C2CCCNC2)c1. The maximum Gasteiger partial charge on any atom is 0.251 e. The molecule has 1 aromatic heterocycles. The van der Waals surface area contributed by atoms with E-state index in [1.54, 1.807) is 30.5 Å². The van der Waals surface area contributed by atoms with Gasteiger partial charge in [-0.15, -0.1) is 0 Å².